The van der Waals surface area contributed by atoms with Gasteiger partial charge in [-0.1, -0.05) is 6.07 Å². The third-order valence-electron chi connectivity index (χ3n) is 4.88. The van der Waals surface area contributed by atoms with Gasteiger partial charge in [-0.3, -0.25) is 9.59 Å². The Morgan fingerprint density at radius 3 is 2.54 bits per heavy atom. The minimum atomic E-state index is -0.226. The zero-order valence-corrected chi connectivity index (χ0v) is 16.4. The number of aryl methyl sites for hydroxylation is 1. The van der Waals surface area contributed by atoms with Gasteiger partial charge < -0.3 is 14.7 Å². The van der Waals surface area contributed by atoms with Gasteiger partial charge in [-0.2, -0.15) is 0 Å². The van der Waals surface area contributed by atoms with Gasteiger partial charge in [0.2, 0.25) is 5.91 Å². The normalized spacial score (nSPS) is 16.6. The van der Waals surface area contributed by atoms with Crippen molar-refractivity contribution in [2.24, 2.45) is 0 Å². The fourth-order valence-corrected chi connectivity index (χ4v) is 3.18. The van der Waals surface area contributed by atoms with Crippen LogP contribution in [0.1, 0.15) is 28.9 Å². The van der Waals surface area contributed by atoms with Crippen molar-refractivity contribution in [2.75, 3.05) is 45.2 Å². The highest BCUT2D eigenvalue weighted by molar-refractivity contribution is 5.96. The van der Waals surface area contributed by atoms with Crippen molar-refractivity contribution in [3.05, 3.63) is 48.2 Å². The summed E-state index contributed by atoms with van der Waals surface area (Å²) in [5.41, 5.74) is 1.38. The van der Waals surface area contributed by atoms with Crippen molar-refractivity contribution < 1.29 is 9.59 Å². The predicted molar refractivity (Wildman–Crippen MR) is 106 cm³/mol. The van der Waals surface area contributed by atoms with E-state index in [1.807, 2.05) is 25.2 Å². The number of rotatable bonds is 1. The van der Waals surface area contributed by atoms with Crippen LogP contribution in [0.2, 0.25) is 0 Å². The summed E-state index contributed by atoms with van der Waals surface area (Å²) in [7, 11) is 3.80. The highest BCUT2D eigenvalue weighted by atomic mass is 16.2. The molecule has 0 aromatic carbocycles. The van der Waals surface area contributed by atoms with E-state index in [2.05, 4.69) is 14.9 Å². The summed E-state index contributed by atoms with van der Waals surface area (Å²) < 4.78 is 0. The lowest BCUT2D eigenvalue weighted by molar-refractivity contribution is -0.130. The molecule has 2 amide bonds. The molecule has 0 saturated carbocycles. The van der Waals surface area contributed by atoms with Crippen LogP contribution in [0.3, 0.4) is 0 Å². The van der Waals surface area contributed by atoms with Gasteiger partial charge in [0.05, 0.1) is 5.56 Å². The molecule has 0 fully saturated rings. The Labute approximate surface area is 165 Å². The number of likely N-dealkylation sites (N-methyl/N-ethyl adjacent to an activating group) is 1. The number of anilines is 1. The van der Waals surface area contributed by atoms with Crippen LogP contribution in [0.15, 0.2) is 36.9 Å². The molecule has 0 unspecified atom stereocenters. The lowest BCUT2D eigenvalue weighted by atomic mass is 10.2. The molecule has 2 bridgehead atoms. The molecule has 2 aromatic rings. The Balaban J connectivity index is 1.80. The monoisotopic (exact) mass is 382 g/mol. The number of pyridine rings is 1. The molecule has 0 aliphatic carbocycles. The van der Waals surface area contributed by atoms with E-state index in [4.69, 9.17) is 4.98 Å². The van der Waals surface area contributed by atoms with E-state index in [0.29, 0.717) is 18.7 Å². The van der Waals surface area contributed by atoms with Crippen molar-refractivity contribution in [2.45, 2.75) is 19.3 Å². The molecule has 148 valence electrons. The van der Waals surface area contributed by atoms with Crippen molar-refractivity contribution >= 4 is 17.6 Å². The zero-order valence-electron chi connectivity index (χ0n) is 16.4. The lowest BCUT2D eigenvalue weighted by Gasteiger charge is -2.27. The maximum absolute atomic E-state index is 12.9. The Kier molecular flexibility index (Phi) is 6.52. The first-order chi connectivity index (χ1) is 13.5. The van der Waals surface area contributed by atoms with Gasteiger partial charge in [-0.15, -0.1) is 0 Å². The molecule has 2 aromatic heterocycles. The summed E-state index contributed by atoms with van der Waals surface area (Å²) in [4.78, 5) is 43.4. The van der Waals surface area contributed by atoms with Crippen molar-refractivity contribution in [3.63, 3.8) is 0 Å². The van der Waals surface area contributed by atoms with Crippen LogP contribution < -0.4 is 4.90 Å². The molecular formula is C20H26N6O2. The summed E-state index contributed by atoms with van der Waals surface area (Å²) in [5.74, 6) is 0.635. The Hall–Kier alpha value is -3.03. The average molecular weight is 382 g/mol. The molecule has 0 radical (unpaired) electrons. The highest BCUT2D eigenvalue weighted by Crippen LogP contribution is 2.13. The van der Waals surface area contributed by atoms with Crippen molar-refractivity contribution in [1.29, 1.82) is 0 Å². The van der Waals surface area contributed by atoms with E-state index < -0.39 is 0 Å². The van der Waals surface area contributed by atoms with Crippen LogP contribution in [0.4, 0.5) is 5.82 Å². The smallest absolute Gasteiger partial charge is 0.257 e. The topological polar surface area (TPSA) is 82.5 Å². The number of hydrogen-bond donors (Lipinski definition) is 0. The standard InChI is InChI=1S/C20H26N6O2/c1-24-9-5-10-25(2)19(27)14-26(20(28)16-12-21-15-22-13-16)11-4-7-17-6-3-8-18(24)23-17/h3,6,8,12-13,15H,4-5,7,9-11,14H2,1-2H3. The summed E-state index contributed by atoms with van der Waals surface area (Å²) >= 11 is 0. The van der Waals surface area contributed by atoms with Gasteiger partial charge in [0.1, 0.15) is 18.7 Å². The number of amides is 2. The van der Waals surface area contributed by atoms with Gasteiger partial charge >= 0.3 is 0 Å². The number of hydrogen-bond acceptors (Lipinski definition) is 6. The molecule has 0 N–H and O–H groups in total. The van der Waals surface area contributed by atoms with E-state index in [0.717, 1.165) is 37.3 Å². The van der Waals surface area contributed by atoms with E-state index >= 15 is 0 Å². The van der Waals surface area contributed by atoms with Gasteiger partial charge in [-0.25, -0.2) is 15.0 Å². The molecule has 8 nitrogen and oxygen atoms in total. The second-order valence-corrected chi connectivity index (χ2v) is 7.03. The summed E-state index contributed by atoms with van der Waals surface area (Å²) in [5, 5.41) is 0. The summed E-state index contributed by atoms with van der Waals surface area (Å²) in [6, 6.07) is 6.01. The van der Waals surface area contributed by atoms with Crippen molar-refractivity contribution in [3.8, 4) is 0 Å². The molecule has 3 heterocycles. The highest BCUT2D eigenvalue weighted by Gasteiger charge is 2.21. The molecular weight excluding hydrogens is 356 g/mol. The van der Waals surface area contributed by atoms with Crippen LogP contribution in [-0.2, 0) is 11.2 Å². The second-order valence-electron chi connectivity index (χ2n) is 7.03. The number of carbonyl (C=O) groups excluding carboxylic acids is 2. The van der Waals surface area contributed by atoms with Crippen LogP contribution >= 0.6 is 0 Å². The molecule has 1 aliphatic rings. The van der Waals surface area contributed by atoms with Gasteiger partial charge in [-0.05, 0) is 31.4 Å². The molecule has 28 heavy (non-hydrogen) atoms. The Morgan fingerprint density at radius 1 is 1.00 bits per heavy atom. The van der Waals surface area contributed by atoms with Gasteiger partial charge in [0.25, 0.3) is 5.91 Å². The fraction of sp³-hybridized carbons (Fsp3) is 0.450. The van der Waals surface area contributed by atoms with Crippen molar-refractivity contribution in [1.82, 2.24) is 24.8 Å². The zero-order chi connectivity index (χ0) is 19.9. The molecule has 1 aliphatic heterocycles. The number of aromatic nitrogens is 3. The summed E-state index contributed by atoms with van der Waals surface area (Å²) in [6.45, 7) is 1.94. The molecule has 8 heteroatoms. The predicted octanol–water partition coefficient (Wildman–Crippen LogP) is 1.24. The lowest BCUT2D eigenvalue weighted by Crippen LogP contribution is -2.43. The van der Waals surface area contributed by atoms with E-state index in [1.165, 1.54) is 18.7 Å². The minimum Gasteiger partial charge on any atom is -0.360 e. The fourth-order valence-electron chi connectivity index (χ4n) is 3.18. The SMILES string of the molecule is CN1CCCN(C)c2cccc(n2)CCCN(C(=O)c2cncnc2)CC1=O. The summed E-state index contributed by atoms with van der Waals surface area (Å²) in [6.07, 6.45) is 6.63. The Morgan fingerprint density at radius 2 is 1.75 bits per heavy atom. The number of fused-ring (bicyclic) bond motifs is 2. The van der Waals surface area contributed by atoms with Gasteiger partial charge in [0.15, 0.2) is 0 Å². The van der Waals surface area contributed by atoms with Crippen LogP contribution in [0.25, 0.3) is 0 Å². The average Bonchev–Trinajstić information content (AvgIpc) is 2.72. The Bertz CT molecular complexity index is 813. The van der Waals surface area contributed by atoms with Gasteiger partial charge in [0, 0.05) is 51.8 Å². The molecule has 0 saturated heterocycles. The molecule has 0 spiro atoms. The maximum atomic E-state index is 12.9. The number of carbonyl (C=O) groups is 2. The van der Waals surface area contributed by atoms with E-state index in [9.17, 15) is 9.59 Å². The van der Waals surface area contributed by atoms with E-state index in [1.54, 1.807) is 16.8 Å². The third-order valence-corrected chi connectivity index (χ3v) is 4.88. The first kappa shape index (κ1) is 19.7. The van der Waals surface area contributed by atoms with Crippen LogP contribution in [-0.4, -0.2) is 76.8 Å². The van der Waals surface area contributed by atoms with Crippen LogP contribution in [0.5, 0.6) is 0 Å². The quantitative estimate of drug-likeness (QED) is 0.738. The molecule has 0 atom stereocenters. The maximum Gasteiger partial charge on any atom is 0.257 e. The first-order valence-electron chi connectivity index (χ1n) is 9.50. The third kappa shape index (κ3) is 5.03. The molecule has 3 rings (SSSR count). The second kappa shape index (κ2) is 9.25. The minimum absolute atomic E-state index is 0.0491. The number of nitrogens with zero attached hydrogens (tertiary/aromatic N) is 6. The van der Waals surface area contributed by atoms with E-state index in [-0.39, 0.29) is 18.4 Å². The largest absolute Gasteiger partial charge is 0.360 e. The first-order valence-corrected chi connectivity index (χ1v) is 9.50. The van der Waals surface area contributed by atoms with Crippen LogP contribution in [0, 0.1) is 0 Å².